The van der Waals surface area contributed by atoms with Gasteiger partial charge in [0.25, 0.3) is 5.88 Å². The fourth-order valence-electron chi connectivity index (χ4n) is 2.58. The van der Waals surface area contributed by atoms with Crippen molar-refractivity contribution in [2.24, 2.45) is 0 Å². The minimum atomic E-state index is 0.129. The first-order valence-corrected chi connectivity index (χ1v) is 7.62. The summed E-state index contributed by atoms with van der Waals surface area (Å²) in [5.41, 5.74) is 2.77. The summed E-state index contributed by atoms with van der Waals surface area (Å²) in [6, 6.07) is 6.45. The number of halogens is 1. The summed E-state index contributed by atoms with van der Waals surface area (Å²) in [7, 11) is 2.10. The van der Waals surface area contributed by atoms with Gasteiger partial charge in [-0.1, -0.05) is 17.7 Å². The molecule has 0 spiro atoms. The maximum Gasteiger partial charge on any atom is 0.373 e. The molecular weight excluding hydrogens is 318 g/mol. The highest BCUT2D eigenvalue weighted by molar-refractivity contribution is 6.31. The van der Waals surface area contributed by atoms with Crippen molar-refractivity contribution in [3.8, 4) is 5.88 Å². The van der Waals surface area contributed by atoms with Gasteiger partial charge in [0.05, 0.1) is 11.0 Å². The third kappa shape index (κ3) is 4.26. The Morgan fingerprint density at radius 1 is 1.30 bits per heavy atom. The first kappa shape index (κ1) is 17.3. The van der Waals surface area contributed by atoms with Crippen molar-refractivity contribution in [3.63, 3.8) is 0 Å². The second-order valence-electron chi connectivity index (χ2n) is 5.66. The minimum absolute atomic E-state index is 0.129. The Hall–Kier alpha value is -2.01. The Kier molecular flexibility index (Phi) is 5.66. The normalized spacial score (nSPS) is 20.7. The zero-order valence-corrected chi connectivity index (χ0v) is 14.0. The monoisotopic (exact) mass is 335 g/mol. The van der Waals surface area contributed by atoms with Crippen molar-refractivity contribution in [2.45, 2.75) is 32.4 Å². The summed E-state index contributed by atoms with van der Waals surface area (Å²) < 4.78 is 5.95. The lowest BCUT2D eigenvalue weighted by molar-refractivity contribution is -0.191. The van der Waals surface area contributed by atoms with E-state index in [1.807, 2.05) is 25.1 Å². The molecule has 0 amide bonds. The van der Waals surface area contributed by atoms with Crippen LogP contribution >= 0.6 is 11.6 Å². The lowest BCUT2D eigenvalue weighted by Gasteiger charge is -2.14. The molecule has 1 unspecified atom stereocenters. The van der Waals surface area contributed by atoms with E-state index in [0.29, 0.717) is 17.1 Å². The van der Waals surface area contributed by atoms with Gasteiger partial charge >= 0.3 is 6.15 Å². The Labute approximate surface area is 139 Å². The highest BCUT2D eigenvalue weighted by atomic mass is 35.5. The number of aromatic nitrogens is 2. The maximum atomic E-state index is 8.12. The van der Waals surface area contributed by atoms with Crippen LogP contribution in [0, 0.1) is 6.92 Å². The SMILES string of the molecule is Cc1ccc2nc(Cl)c(OC3C[C@@H](C)N(C)C3)nc2c1.O=C=O. The third-order valence-electron chi connectivity index (χ3n) is 3.87. The van der Waals surface area contributed by atoms with E-state index < -0.39 is 0 Å². The number of hydrogen-bond donors (Lipinski definition) is 0. The third-order valence-corrected chi connectivity index (χ3v) is 4.12. The van der Waals surface area contributed by atoms with Crippen LogP contribution in [0.25, 0.3) is 11.0 Å². The Morgan fingerprint density at radius 3 is 2.61 bits per heavy atom. The van der Waals surface area contributed by atoms with E-state index in [-0.39, 0.29) is 12.3 Å². The second-order valence-corrected chi connectivity index (χ2v) is 6.02. The molecular formula is C16H18ClN3O3. The number of carbonyl (C=O) groups excluding carboxylic acids is 2. The molecule has 1 saturated heterocycles. The molecule has 23 heavy (non-hydrogen) atoms. The number of aryl methyl sites for hydroxylation is 1. The molecule has 0 N–H and O–H groups in total. The highest BCUT2D eigenvalue weighted by Crippen LogP contribution is 2.27. The summed E-state index contributed by atoms with van der Waals surface area (Å²) in [5, 5.41) is 0.337. The fraction of sp³-hybridized carbons (Fsp3) is 0.438. The second kappa shape index (κ2) is 7.51. The van der Waals surface area contributed by atoms with Crippen LogP contribution in [0.5, 0.6) is 5.88 Å². The molecule has 0 saturated carbocycles. The van der Waals surface area contributed by atoms with Crippen molar-refractivity contribution in [1.29, 1.82) is 0 Å². The van der Waals surface area contributed by atoms with Crippen LogP contribution in [0.1, 0.15) is 18.9 Å². The van der Waals surface area contributed by atoms with Gasteiger partial charge in [-0.2, -0.15) is 9.59 Å². The molecule has 1 fully saturated rings. The summed E-state index contributed by atoms with van der Waals surface area (Å²) in [6.07, 6.45) is 1.37. The van der Waals surface area contributed by atoms with Crippen LogP contribution in [0.3, 0.4) is 0 Å². The largest absolute Gasteiger partial charge is 0.471 e. The lowest BCUT2D eigenvalue weighted by atomic mass is 10.2. The van der Waals surface area contributed by atoms with Crippen LogP contribution in [0.15, 0.2) is 18.2 Å². The number of benzene rings is 1. The van der Waals surface area contributed by atoms with Gasteiger partial charge in [-0.15, -0.1) is 0 Å². The average molecular weight is 336 g/mol. The summed E-state index contributed by atoms with van der Waals surface area (Å²) >= 11 is 6.18. The van der Waals surface area contributed by atoms with E-state index >= 15 is 0 Å². The Balaban J connectivity index is 0.000000595. The zero-order chi connectivity index (χ0) is 17.0. The smallest absolute Gasteiger partial charge is 0.373 e. The lowest BCUT2D eigenvalue weighted by Crippen LogP contribution is -2.24. The fourth-order valence-corrected chi connectivity index (χ4v) is 2.76. The number of likely N-dealkylation sites (tertiary alicyclic amines) is 1. The number of ether oxygens (including phenoxy) is 1. The molecule has 1 aromatic carbocycles. The van der Waals surface area contributed by atoms with Crippen molar-refractivity contribution >= 4 is 28.8 Å². The van der Waals surface area contributed by atoms with Crippen molar-refractivity contribution in [3.05, 3.63) is 28.9 Å². The van der Waals surface area contributed by atoms with Gasteiger partial charge in [0.15, 0.2) is 5.15 Å². The van der Waals surface area contributed by atoms with Gasteiger partial charge in [0.2, 0.25) is 0 Å². The Bertz CT molecular complexity index is 722. The number of rotatable bonds is 2. The van der Waals surface area contributed by atoms with Gasteiger partial charge in [-0.3, -0.25) is 4.90 Å². The average Bonchev–Trinajstić information content (AvgIpc) is 2.79. The van der Waals surface area contributed by atoms with Crippen LogP contribution in [0.2, 0.25) is 5.15 Å². The van der Waals surface area contributed by atoms with Crippen molar-refractivity contribution in [1.82, 2.24) is 14.9 Å². The molecule has 0 radical (unpaired) electrons. The molecule has 1 aromatic heterocycles. The topological polar surface area (TPSA) is 72.4 Å². The highest BCUT2D eigenvalue weighted by Gasteiger charge is 2.28. The van der Waals surface area contributed by atoms with E-state index in [2.05, 4.69) is 28.8 Å². The van der Waals surface area contributed by atoms with Crippen LogP contribution < -0.4 is 4.74 Å². The van der Waals surface area contributed by atoms with E-state index in [9.17, 15) is 0 Å². The van der Waals surface area contributed by atoms with Gasteiger partial charge in [0, 0.05) is 19.0 Å². The first-order chi connectivity index (χ1) is 10.9. The molecule has 2 heterocycles. The molecule has 0 aliphatic carbocycles. The van der Waals surface area contributed by atoms with E-state index in [1.54, 1.807) is 0 Å². The number of fused-ring (bicyclic) bond motifs is 1. The van der Waals surface area contributed by atoms with Gasteiger partial charge in [-0.25, -0.2) is 9.97 Å². The Morgan fingerprint density at radius 2 is 2.00 bits per heavy atom. The standard InChI is InChI=1S/C15H18ClN3O.CO2/c1-9-4-5-12-13(6-9)18-15(14(16)17-12)20-11-7-10(2)19(3)8-11;2-1-3/h4-6,10-11H,7-8H2,1-3H3;/t10-,11?;/m1./s1. The molecule has 1 aliphatic heterocycles. The van der Waals surface area contributed by atoms with Crippen LogP contribution in [-0.2, 0) is 9.59 Å². The molecule has 2 atom stereocenters. The molecule has 122 valence electrons. The molecule has 1 aliphatic rings. The first-order valence-electron chi connectivity index (χ1n) is 7.24. The quantitative estimate of drug-likeness (QED) is 0.839. The van der Waals surface area contributed by atoms with Gasteiger partial charge in [0.1, 0.15) is 6.10 Å². The predicted molar refractivity (Wildman–Crippen MR) is 85.4 cm³/mol. The predicted octanol–water partition coefficient (Wildman–Crippen LogP) is 2.48. The zero-order valence-electron chi connectivity index (χ0n) is 13.2. The van der Waals surface area contributed by atoms with E-state index in [4.69, 9.17) is 25.9 Å². The number of hydrogen-bond acceptors (Lipinski definition) is 6. The molecule has 0 bridgehead atoms. The van der Waals surface area contributed by atoms with Gasteiger partial charge in [-0.05, 0) is 38.6 Å². The van der Waals surface area contributed by atoms with Crippen molar-refractivity contribution < 1.29 is 14.3 Å². The number of likely N-dealkylation sites (N-methyl/N-ethyl adjacent to an activating group) is 1. The molecule has 2 aromatic rings. The number of nitrogens with zero attached hydrogens (tertiary/aromatic N) is 3. The minimum Gasteiger partial charge on any atom is -0.471 e. The maximum absolute atomic E-state index is 8.12. The molecule has 7 heteroatoms. The van der Waals surface area contributed by atoms with Gasteiger partial charge < -0.3 is 4.74 Å². The molecule has 3 rings (SSSR count). The summed E-state index contributed by atoms with van der Waals surface area (Å²) in [5.74, 6) is 0.442. The van der Waals surface area contributed by atoms with E-state index in [0.717, 1.165) is 29.6 Å². The van der Waals surface area contributed by atoms with Crippen LogP contribution in [-0.4, -0.2) is 46.8 Å². The summed E-state index contributed by atoms with van der Waals surface area (Å²) in [4.78, 5) is 27.4. The van der Waals surface area contributed by atoms with Crippen LogP contribution in [0.4, 0.5) is 0 Å². The molecule has 6 nitrogen and oxygen atoms in total. The van der Waals surface area contributed by atoms with Crippen molar-refractivity contribution in [2.75, 3.05) is 13.6 Å². The van der Waals surface area contributed by atoms with E-state index in [1.165, 1.54) is 0 Å². The summed E-state index contributed by atoms with van der Waals surface area (Å²) in [6.45, 7) is 5.12.